The molecule has 0 radical (unpaired) electrons. The van der Waals surface area contributed by atoms with E-state index in [1.807, 2.05) is 0 Å². The topological polar surface area (TPSA) is 81.4 Å². The van der Waals surface area contributed by atoms with Gasteiger partial charge in [0.25, 0.3) is 0 Å². The third-order valence-electron chi connectivity index (χ3n) is 3.65. The Morgan fingerprint density at radius 2 is 2.05 bits per heavy atom. The van der Waals surface area contributed by atoms with Crippen molar-refractivity contribution in [2.75, 3.05) is 7.11 Å². The first kappa shape index (κ1) is 16.4. The van der Waals surface area contributed by atoms with E-state index in [-0.39, 0.29) is 17.0 Å². The predicted octanol–water partition coefficient (Wildman–Crippen LogP) is 1.36. The van der Waals surface area contributed by atoms with E-state index in [0.29, 0.717) is 11.4 Å². The maximum Gasteiger partial charge on any atom is 0.240 e. The number of rotatable bonds is 6. The van der Waals surface area contributed by atoms with Gasteiger partial charge in [-0.2, -0.15) is 0 Å². The van der Waals surface area contributed by atoms with Gasteiger partial charge in [-0.15, -0.1) is 0 Å². The van der Waals surface area contributed by atoms with Crippen molar-refractivity contribution < 1.29 is 13.2 Å². The number of thiocarbonyl (C=S) groups is 1. The molecule has 2 atom stereocenters. The Morgan fingerprint density at radius 1 is 1.38 bits per heavy atom. The molecule has 1 aliphatic rings. The van der Waals surface area contributed by atoms with Crippen LogP contribution in [0.15, 0.2) is 29.2 Å². The Hall–Kier alpha value is -1.02. The Morgan fingerprint density at radius 3 is 2.57 bits per heavy atom. The fourth-order valence-electron chi connectivity index (χ4n) is 2.54. The normalized spacial score (nSPS) is 22.3. The van der Waals surface area contributed by atoms with Crippen LogP contribution in [0, 0.1) is 0 Å². The van der Waals surface area contributed by atoms with E-state index in [0.717, 1.165) is 24.8 Å². The van der Waals surface area contributed by atoms with E-state index < -0.39 is 10.0 Å². The number of sulfonamides is 1. The van der Waals surface area contributed by atoms with Gasteiger partial charge in [-0.05, 0) is 37.0 Å². The van der Waals surface area contributed by atoms with Gasteiger partial charge in [0.1, 0.15) is 0 Å². The summed E-state index contributed by atoms with van der Waals surface area (Å²) in [6, 6.07) is 6.58. The van der Waals surface area contributed by atoms with Gasteiger partial charge >= 0.3 is 0 Å². The standard InChI is InChI=1S/C14H20N2O3S2/c1-19-12-5-4-11(9-12)16-21(17,18)13-6-2-10(3-7-13)8-14(15)20/h2-3,6-7,11-12,16H,4-5,8-9H2,1H3,(H2,15,20). The molecule has 0 aromatic heterocycles. The van der Waals surface area contributed by atoms with Gasteiger partial charge < -0.3 is 10.5 Å². The second-order valence-corrected chi connectivity index (χ2v) is 7.51. The van der Waals surface area contributed by atoms with Crippen LogP contribution in [0.2, 0.25) is 0 Å². The maximum absolute atomic E-state index is 12.3. The molecule has 0 aliphatic heterocycles. The molecule has 1 saturated carbocycles. The lowest BCUT2D eigenvalue weighted by Crippen LogP contribution is -2.33. The summed E-state index contributed by atoms with van der Waals surface area (Å²) in [5, 5.41) is 0. The Bertz CT molecular complexity index is 599. The third-order valence-corrected chi connectivity index (χ3v) is 5.33. The van der Waals surface area contributed by atoms with Crippen molar-refractivity contribution in [2.45, 2.75) is 42.7 Å². The zero-order valence-corrected chi connectivity index (χ0v) is 13.5. The van der Waals surface area contributed by atoms with Crippen LogP contribution in [0.1, 0.15) is 24.8 Å². The molecule has 0 spiro atoms. The van der Waals surface area contributed by atoms with Crippen LogP contribution in [0.4, 0.5) is 0 Å². The summed E-state index contributed by atoms with van der Waals surface area (Å²) in [7, 11) is -1.84. The molecule has 1 aromatic rings. The quantitative estimate of drug-likeness (QED) is 0.771. The fraction of sp³-hybridized carbons (Fsp3) is 0.500. The highest BCUT2D eigenvalue weighted by molar-refractivity contribution is 7.89. The third kappa shape index (κ3) is 4.47. The van der Waals surface area contributed by atoms with Crippen molar-refractivity contribution in [1.82, 2.24) is 4.72 Å². The van der Waals surface area contributed by atoms with Crippen molar-refractivity contribution in [3.8, 4) is 0 Å². The van der Waals surface area contributed by atoms with E-state index in [1.54, 1.807) is 31.4 Å². The molecular formula is C14H20N2O3S2. The van der Waals surface area contributed by atoms with E-state index in [1.165, 1.54) is 0 Å². The van der Waals surface area contributed by atoms with Crippen molar-refractivity contribution in [3.63, 3.8) is 0 Å². The van der Waals surface area contributed by atoms with Crippen LogP contribution >= 0.6 is 12.2 Å². The van der Waals surface area contributed by atoms with Crippen LogP contribution in [-0.2, 0) is 21.2 Å². The van der Waals surface area contributed by atoms with Crippen LogP contribution < -0.4 is 10.5 Å². The molecule has 7 heteroatoms. The first-order valence-corrected chi connectivity index (χ1v) is 8.72. The molecule has 0 amide bonds. The van der Waals surface area contributed by atoms with Crippen LogP contribution in [0.25, 0.3) is 0 Å². The SMILES string of the molecule is COC1CCC(NS(=O)(=O)c2ccc(CC(N)=S)cc2)C1. The number of hydrogen-bond acceptors (Lipinski definition) is 4. The number of benzene rings is 1. The van der Waals surface area contributed by atoms with Crippen LogP contribution in [-0.4, -0.2) is 32.7 Å². The molecule has 1 aliphatic carbocycles. The van der Waals surface area contributed by atoms with E-state index in [2.05, 4.69) is 4.72 Å². The lowest BCUT2D eigenvalue weighted by atomic mass is 10.1. The summed E-state index contributed by atoms with van der Waals surface area (Å²) >= 11 is 4.84. The average molecular weight is 328 g/mol. The second kappa shape index (κ2) is 6.83. The van der Waals surface area contributed by atoms with Crippen molar-refractivity contribution in [1.29, 1.82) is 0 Å². The first-order chi connectivity index (χ1) is 9.90. The summed E-state index contributed by atoms with van der Waals surface area (Å²) in [4.78, 5) is 0.648. The molecule has 3 N–H and O–H groups in total. The molecule has 0 bridgehead atoms. The van der Waals surface area contributed by atoms with Gasteiger partial charge in [0.2, 0.25) is 10.0 Å². The molecule has 0 saturated heterocycles. The molecule has 1 aromatic carbocycles. The summed E-state index contributed by atoms with van der Waals surface area (Å²) in [6.07, 6.45) is 3.02. The summed E-state index contributed by atoms with van der Waals surface area (Å²) in [6.45, 7) is 0. The molecule has 2 unspecified atom stereocenters. The first-order valence-electron chi connectivity index (χ1n) is 6.83. The van der Waals surface area contributed by atoms with E-state index >= 15 is 0 Å². The molecular weight excluding hydrogens is 308 g/mol. The van der Waals surface area contributed by atoms with E-state index in [4.69, 9.17) is 22.7 Å². The number of methoxy groups -OCH3 is 1. The molecule has 0 heterocycles. The monoisotopic (exact) mass is 328 g/mol. The number of nitrogens with one attached hydrogen (secondary N) is 1. The average Bonchev–Trinajstić information content (AvgIpc) is 2.85. The minimum absolute atomic E-state index is 0.0590. The Kier molecular flexibility index (Phi) is 5.32. The van der Waals surface area contributed by atoms with Gasteiger partial charge in [-0.3, -0.25) is 0 Å². The number of hydrogen-bond donors (Lipinski definition) is 2. The lowest BCUT2D eigenvalue weighted by Gasteiger charge is -2.13. The lowest BCUT2D eigenvalue weighted by molar-refractivity contribution is 0.107. The smallest absolute Gasteiger partial charge is 0.240 e. The highest BCUT2D eigenvalue weighted by Gasteiger charge is 2.28. The van der Waals surface area contributed by atoms with Crippen molar-refractivity contribution >= 4 is 27.2 Å². The van der Waals surface area contributed by atoms with Gasteiger partial charge in [0.05, 0.1) is 16.0 Å². The van der Waals surface area contributed by atoms with Crippen molar-refractivity contribution in [3.05, 3.63) is 29.8 Å². The maximum atomic E-state index is 12.3. The van der Waals surface area contributed by atoms with Crippen LogP contribution in [0.5, 0.6) is 0 Å². The van der Waals surface area contributed by atoms with Gasteiger partial charge in [-0.25, -0.2) is 13.1 Å². The predicted molar refractivity (Wildman–Crippen MR) is 85.7 cm³/mol. The van der Waals surface area contributed by atoms with Gasteiger partial charge in [-0.1, -0.05) is 24.4 Å². The molecule has 116 valence electrons. The largest absolute Gasteiger partial charge is 0.393 e. The van der Waals surface area contributed by atoms with Gasteiger partial charge in [0.15, 0.2) is 0 Å². The molecule has 2 rings (SSSR count). The van der Waals surface area contributed by atoms with E-state index in [9.17, 15) is 8.42 Å². The number of nitrogens with two attached hydrogens (primary N) is 1. The highest BCUT2D eigenvalue weighted by Crippen LogP contribution is 2.23. The highest BCUT2D eigenvalue weighted by atomic mass is 32.2. The molecule has 21 heavy (non-hydrogen) atoms. The zero-order valence-electron chi connectivity index (χ0n) is 11.9. The molecule has 1 fully saturated rings. The van der Waals surface area contributed by atoms with Crippen molar-refractivity contribution in [2.24, 2.45) is 5.73 Å². The summed E-state index contributed by atoms with van der Waals surface area (Å²) in [5.74, 6) is 0. The second-order valence-electron chi connectivity index (χ2n) is 5.28. The number of ether oxygens (including phenoxy) is 1. The van der Waals surface area contributed by atoms with Gasteiger partial charge in [0, 0.05) is 19.6 Å². The van der Waals surface area contributed by atoms with Crippen LogP contribution in [0.3, 0.4) is 0 Å². The Balaban J connectivity index is 2.04. The summed E-state index contributed by atoms with van der Waals surface area (Å²) in [5.41, 5.74) is 6.38. The minimum Gasteiger partial charge on any atom is -0.393 e. The summed E-state index contributed by atoms with van der Waals surface area (Å²) < 4.78 is 32.6. The fourth-order valence-corrected chi connectivity index (χ4v) is 3.99. The minimum atomic E-state index is -3.49. The molecule has 5 nitrogen and oxygen atoms in total. The zero-order chi connectivity index (χ0) is 15.5. The Labute approximate surface area is 130 Å².